The molecule has 0 atom stereocenters. The number of nitrogens with one attached hydrogen (secondary N) is 2. The molecule has 0 aromatic heterocycles. The number of halogens is 3. The molecular formula is C27H33F3N4O2. The minimum atomic E-state index is -4.45. The Kier molecular flexibility index (Phi) is 8.18. The van der Waals surface area contributed by atoms with E-state index in [4.69, 9.17) is 0 Å². The zero-order valence-electron chi connectivity index (χ0n) is 20.5. The maximum Gasteiger partial charge on any atom is 0.416 e. The fourth-order valence-corrected chi connectivity index (χ4v) is 4.82. The summed E-state index contributed by atoms with van der Waals surface area (Å²) in [5, 5.41) is 5.61. The van der Waals surface area contributed by atoms with Crippen molar-refractivity contribution in [2.75, 3.05) is 25.0 Å². The average molecular weight is 503 g/mol. The third kappa shape index (κ3) is 6.57. The van der Waals surface area contributed by atoms with E-state index in [1.54, 1.807) is 24.3 Å². The van der Waals surface area contributed by atoms with Gasteiger partial charge in [0, 0.05) is 31.7 Å². The van der Waals surface area contributed by atoms with Crippen LogP contribution in [0.25, 0.3) is 0 Å². The predicted octanol–water partition coefficient (Wildman–Crippen LogP) is 5.51. The number of carbonyl (C=O) groups excluding carboxylic acids is 2. The van der Waals surface area contributed by atoms with Crippen molar-refractivity contribution in [1.82, 2.24) is 15.1 Å². The van der Waals surface area contributed by atoms with E-state index < -0.39 is 17.6 Å². The summed E-state index contributed by atoms with van der Waals surface area (Å²) >= 11 is 0. The van der Waals surface area contributed by atoms with E-state index in [-0.39, 0.29) is 30.2 Å². The van der Waals surface area contributed by atoms with E-state index in [1.165, 1.54) is 12.1 Å². The highest BCUT2D eigenvalue weighted by Gasteiger charge is 2.39. The molecule has 0 radical (unpaired) electrons. The molecule has 3 amide bonds. The molecule has 9 heteroatoms. The third-order valence-corrected chi connectivity index (χ3v) is 6.79. The molecule has 2 aliphatic rings. The summed E-state index contributed by atoms with van der Waals surface area (Å²) in [5.41, 5.74) is 0.237. The van der Waals surface area contributed by atoms with Gasteiger partial charge in [-0.05, 0) is 68.5 Å². The average Bonchev–Trinajstić information content (AvgIpc) is 3.69. The molecule has 36 heavy (non-hydrogen) atoms. The number of hydrogen-bond donors (Lipinski definition) is 2. The molecule has 2 aromatic rings. The van der Waals surface area contributed by atoms with Crippen molar-refractivity contribution in [2.24, 2.45) is 0 Å². The van der Waals surface area contributed by atoms with Crippen LogP contribution in [0, 0.1) is 0 Å². The lowest BCUT2D eigenvalue weighted by atomic mass is 10.0. The first-order chi connectivity index (χ1) is 17.3. The van der Waals surface area contributed by atoms with E-state index in [2.05, 4.69) is 22.5 Å². The van der Waals surface area contributed by atoms with E-state index in [9.17, 15) is 22.8 Å². The lowest BCUT2D eigenvalue weighted by molar-refractivity contribution is -0.137. The van der Waals surface area contributed by atoms with Crippen LogP contribution in [0.4, 0.5) is 23.7 Å². The lowest BCUT2D eigenvalue weighted by Crippen LogP contribution is -2.50. The summed E-state index contributed by atoms with van der Waals surface area (Å²) in [6.07, 6.45) is 0.510. The molecule has 1 aliphatic heterocycles. The van der Waals surface area contributed by atoms with Gasteiger partial charge >= 0.3 is 12.2 Å². The molecule has 1 aliphatic carbocycles. The Hall–Kier alpha value is -3.07. The number of amides is 3. The quantitative estimate of drug-likeness (QED) is 0.501. The van der Waals surface area contributed by atoms with Crippen molar-refractivity contribution >= 4 is 17.6 Å². The van der Waals surface area contributed by atoms with E-state index in [1.807, 2.05) is 4.90 Å². The van der Waals surface area contributed by atoms with Crippen LogP contribution in [0.5, 0.6) is 0 Å². The molecule has 1 saturated heterocycles. The summed E-state index contributed by atoms with van der Waals surface area (Å²) in [6.45, 7) is 5.14. The second-order valence-corrected chi connectivity index (χ2v) is 9.57. The van der Waals surface area contributed by atoms with E-state index >= 15 is 0 Å². The van der Waals surface area contributed by atoms with Crippen LogP contribution in [0.2, 0.25) is 0 Å². The summed E-state index contributed by atoms with van der Waals surface area (Å²) in [7, 11) is 0. The largest absolute Gasteiger partial charge is 0.416 e. The molecule has 2 fully saturated rings. The van der Waals surface area contributed by atoms with Crippen LogP contribution in [0.1, 0.15) is 60.5 Å². The molecule has 2 aromatic carbocycles. The summed E-state index contributed by atoms with van der Waals surface area (Å²) in [4.78, 5) is 30.7. The van der Waals surface area contributed by atoms with Gasteiger partial charge in [0.05, 0.1) is 16.8 Å². The van der Waals surface area contributed by atoms with Crippen molar-refractivity contribution < 1.29 is 22.8 Å². The molecule has 194 valence electrons. The number of piperidine rings is 1. The van der Waals surface area contributed by atoms with Gasteiger partial charge in [-0.25, -0.2) is 4.79 Å². The van der Waals surface area contributed by atoms with Crippen LogP contribution >= 0.6 is 0 Å². The molecule has 1 heterocycles. The number of para-hydroxylation sites is 1. The second-order valence-electron chi connectivity index (χ2n) is 9.57. The SMILES string of the molecule is CCCN1CCC(N(C(=O)Nc2ccccc2C(=O)NCc2cccc(C(F)(F)F)c2)C2CC2)CC1. The Bertz CT molecular complexity index is 1060. The van der Waals surface area contributed by atoms with Crippen LogP contribution < -0.4 is 10.6 Å². The zero-order chi connectivity index (χ0) is 25.7. The van der Waals surface area contributed by atoms with Crippen molar-refractivity contribution in [3.8, 4) is 0 Å². The van der Waals surface area contributed by atoms with Gasteiger partial charge in [0.1, 0.15) is 0 Å². The molecule has 6 nitrogen and oxygen atoms in total. The van der Waals surface area contributed by atoms with Crippen molar-refractivity contribution in [1.29, 1.82) is 0 Å². The number of alkyl halides is 3. The van der Waals surface area contributed by atoms with Gasteiger partial charge in [-0.2, -0.15) is 13.2 Å². The molecule has 0 spiro atoms. The maximum atomic E-state index is 13.3. The minimum Gasteiger partial charge on any atom is -0.348 e. The van der Waals surface area contributed by atoms with Gasteiger partial charge in [0.15, 0.2) is 0 Å². The number of nitrogens with zero attached hydrogens (tertiary/aromatic N) is 2. The maximum absolute atomic E-state index is 13.3. The Balaban J connectivity index is 1.41. The van der Waals surface area contributed by atoms with E-state index in [0.717, 1.165) is 63.9 Å². The standard InChI is InChI=1S/C27H33F3N4O2/c1-2-14-33-15-12-22(13-16-33)34(21-10-11-21)26(36)32-24-9-4-3-8-23(24)25(35)31-18-19-6-5-7-20(17-19)27(28,29)30/h3-9,17,21-22H,2,10-16,18H2,1H3,(H,31,35)(H,32,36). The smallest absolute Gasteiger partial charge is 0.348 e. The zero-order valence-corrected chi connectivity index (χ0v) is 20.5. The Morgan fingerprint density at radius 1 is 1.00 bits per heavy atom. The van der Waals surface area contributed by atoms with Gasteiger partial charge < -0.3 is 20.4 Å². The third-order valence-electron chi connectivity index (χ3n) is 6.79. The molecule has 0 bridgehead atoms. The van der Waals surface area contributed by atoms with Crippen molar-refractivity contribution in [2.45, 2.75) is 63.8 Å². The summed E-state index contributed by atoms with van der Waals surface area (Å²) in [6, 6.07) is 11.8. The number of likely N-dealkylation sites (tertiary alicyclic amines) is 1. The fourth-order valence-electron chi connectivity index (χ4n) is 4.82. The van der Waals surface area contributed by atoms with Crippen LogP contribution in [-0.4, -0.2) is 53.5 Å². The van der Waals surface area contributed by atoms with Gasteiger partial charge in [-0.3, -0.25) is 4.79 Å². The number of anilines is 1. The number of benzene rings is 2. The monoisotopic (exact) mass is 502 g/mol. The first kappa shape index (κ1) is 26.0. The second kappa shape index (κ2) is 11.3. The molecule has 4 rings (SSSR count). The number of rotatable bonds is 8. The summed E-state index contributed by atoms with van der Waals surface area (Å²) < 4.78 is 39.0. The van der Waals surface area contributed by atoms with Gasteiger partial charge in [0.2, 0.25) is 0 Å². The van der Waals surface area contributed by atoms with E-state index in [0.29, 0.717) is 11.3 Å². The van der Waals surface area contributed by atoms with Gasteiger partial charge in [-0.1, -0.05) is 31.2 Å². The molecular weight excluding hydrogens is 469 g/mol. The lowest BCUT2D eigenvalue weighted by Gasteiger charge is -2.38. The number of hydrogen-bond acceptors (Lipinski definition) is 3. The summed E-state index contributed by atoms with van der Waals surface area (Å²) in [5.74, 6) is -0.464. The Labute approximate surface area is 209 Å². The van der Waals surface area contributed by atoms with Gasteiger partial charge in [0.25, 0.3) is 5.91 Å². The normalized spacial score (nSPS) is 17.0. The fraction of sp³-hybridized carbons (Fsp3) is 0.481. The van der Waals surface area contributed by atoms with Crippen LogP contribution in [-0.2, 0) is 12.7 Å². The highest BCUT2D eigenvalue weighted by molar-refractivity contribution is 6.03. The number of urea groups is 1. The molecule has 2 N–H and O–H groups in total. The Morgan fingerprint density at radius 3 is 2.36 bits per heavy atom. The minimum absolute atomic E-state index is 0.0600. The topological polar surface area (TPSA) is 64.7 Å². The molecule has 0 unspecified atom stereocenters. The predicted molar refractivity (Wildman–Crippen MR) is 133 cm³/mol. The van der Waals surface area contributed by atoms with Crippen LogP contribution in [0.15, 0.2) is 48.5 Å². The highest BCUT2D eigenvalue weighted by Crippen LogP contribution is 2.33. The Morgan fingerprint density at radius 2 is 1.69 bits per heavy atom. The van der Waals surface area contributed by atoms with Crippen LogP contribution in [0.3, 0.4) is 0 Å². The molecule has 1 saturated carbocycles. The highest BCUT2D eigenvalue weighted by atomic mass is 19.4. The first-order valence-corrected chi connectivity index (χ1v) is 12.6. The number of carbonyl (C=O) groups is 2. The van der Waals surface area contributed by atoms with Gasteiger partial charge in [-0.15, -0.1) is 0 Å². The first-order valence-electron chi connectivity index (χ1n) is 12.6. The van der Waals surface area contributed by atoms with Crippen molar-refractivity contribution in [3.05, 3.63) is 65.2 Å². The van der Waals surface area contributed by atoms with Crippen molar-refractivity contribution in [3.63, 3.8) is 0 Å².